The molecule has 0 fully saturated rings. The molecule has 0 radical (unpaired) electrons. The molecule has 1 aromatic carbocycles. The Balaban J connectivity index is 2.47. The average molecular weight is 367 g/mol. The molecule has 1 aromatic heterocycles. The van der Waals surface area contributed by atoms with Crippen molar-refractivity contribution in [1.29, 1.82) is 0 Å². The van der Waals surface area contributed by atoms with Gasteiger partial charge in [-0.3, -0.25) is 9.40 Å². The summed E-state index contributed by atoms with van der Waals surface area (Å²) in [6.07, 6.45) is 2.87. The molecule has 0 saturated carbocycles. The lowest BCUT2D eigenvalue weighted by Gasteiger charge is -2.09. The van der Waals surface area contributed by atoms with E-state index in [1.165, 1.54) is 18.5 Å². The standard InChI is InChI=1S/C15H17N3O6S/c1-4-18-9-12(8-16-18)17-25(21,22)13-6-10(14(19)23-2)5-11(7-13)15(20)24-3/h5-9,17H,4H2,1-3H3. The highest BCUT2D eigenvalue weighted by Gasteiger charge is 2.21. The molecule has 2 rings (SSSR count). The van der Waals surface area contributed by atoms with Crippen molar-refractivity contribution in [2.24, 2.45) is 0 Å². The van der Waals surface area contributed by atoms with Crippen LogP contribution in [0.5, 0.6) is 0 Å². The van der Waals surface area contributed by atoms with Crippen molar-refractivity contribution >= 4 is 27.6 Å². The minimum atomic E-state index is -4.06. The molecule has 2 aromatic rings. The van der Waals surface area contributed by atoms with Crippen LogP contribution in [0, 0.1) is 0 Å². The first-order valence-corrected chi connectivity index (χ1v) is 8.66. The Morgan fingerprint density at radius 1 is 1.12 bits per heavy atom. The fourth-order valence-electron chi connectivity index (χ4n) is 2.03. The number of benzene rings is 1. The monoisotopic (exact) mass is 367 g/mol. The summed E-state index contributed by atoms with van der Waals surface area (Å²) in [5.74, 6) is -1.55. The first-order chi connectivity index (χ1) is 11.8. The van der Waals surface area contributed by atoms with Gasteiger partial charge in [0, 0.05) is 12.7 Å². The van der Waals surface area contributed by atoms with Gasteiger partial charge in [-0.15, -0.1) is 0 Å². The van der Waals surface area contributed by atoms with E-state index < -0.39 is 22.0 Å². The number of anilines is 1. The SMILES string of the molecule is CCn1cc(NS(=O)(=O)c2cc(C(=O)OC)cc(C(=O)OC)c2)cn1. The van der Waals surface area contributed by atoms with Crippen LogP contribution in [0.1, 0.15) is 27.6 Å². The lowest BCUT2D eigenvalue weighted by Crippen LogP contribution is -2.15. The average Bonchev–Trinajstić information content (AvgIpc) is 3.06. The maximum Gasteiger partial charge on any atom is 0.337 e. The van der Waals surface area contributed by atoms with Crippen LogP contribution in [0.2, 0.25) is 0 Å². The zero-order valence-corrected chi connectivity index (χ0v) is 14.7. The molecule has 0 amide bonds. The van der Waals surface area contributed by atoms with Gasteiger partial charge in [0.15, 0.2) is 0 Å². The van der Waals surface area contributed by atoms with Crippen LogP contribution >= 0.6 is 0 Å². The van der Waals surface area contributed by atoms with Crippen molar-refractivity contribution in [2.75, 3.05) is 18.9 Å². The number of aryl methyl sites for hydroxylation is 1. The molecule has 1 N–H and O–H groups in total. The van der Waals surface area contributed by atoms with Crippen molar-refractivity contribution in [3.63, 3.8) is 0 Å². The molecular weight excluding hydrogens is 350 g/mol. The van der Waals surface area contributed by atoms with E-state index >= 15 is 0 Å². The topological polar surface area (TPSA) is 117 Å². The fourth-order valence-corrected chi connectivity index (χ4v) is 3.13. The third kappa shape index (κ3) is 4.15. The summed E-state index contributed by atoms with van der Waals surface area (Å²) in [5.41, 5.74) is 0.0787. The Hall–Kier alpha value is -2.88. The molecule has 0 atom stereocenters. The second kappa shape index (κ2) is 7.34. The van der Waals surface area contributed by atoms with E-state index in [0.717, 1.165) is 26.4 Å². The van der Waals surface area contributed by atoms with Gasteiger partial charge >= 0.3 is 11.9 Å². The molecule has 9 nitrogen and oxygen atoms in total. The van der Waals surface area contributed by atoms with Gasteiger partial charge in [-0.1, -0.05) is 0 Å². The molecule has 134 valence electrons. The summed E-state index contributed by atoms with van der Waals surface area (Å²) in [6.45, 7) is 2.43. The quantitative estimate of drug-likeness (QED) is 0.764. The van der Waals surface area contributed by atoms with Crippen molar-refractivity contribution in [1.82, 2.24) is 9.78 Å². The number of rotatable bonds is 6. The molecule has 0 aliphatic carbocycles. The van der Waals surface area contributed by atoms with Crippen molar-refractivity contribution in [2.45, 2.75) is 18.4 Å². The summed E-state index contributed by atoms with van der Waals surface area (Å²) in [6, 6.07) is 3.43. The van der Waals surface area contributed by atoms with E-state index in [9.17, 15) is 18.0 Å². The minimum absolute atomic E-state index is 0.0879. The van der Waals surface area contributed by atoms with Crippen LogP contribution in [-0.4, -0.2) is 44.4 Å². The van der Waals surface area contributed by atoms with Gasteiger partial charge in [0.1, 0.15) is 0 Å². The summed E-state index contributed by atoms with van der Waals surface area (Å²) >= 11 is 0. The third-order valence-electron chi connectivity index (χ3n) is 3.27. The number of esters is 2. The zero-order valence-electron chi connectivity index (χ0n) is 13.8. The largest absolute Gasteiger partial charge is 0.465 e. The van der Waals surface area contributed by atoms with Gasteiger partial charge in [-0.05, 0) is 25.1 Å². The Labute approximate surface area is 144 Å². The van der Waals surface area contributed by atoms with Gasteiger partial charge in [-0.2, -0.15) is 5.10 Å². The fraction of sp³-hybridized carbons (Fsp3) is 0.267. The van der Waals surface area contributed by atoms with Crippen molar-refractivity contribution < 1.29 is 27.5 Å². The van der Waals surface area contributed by atoms with Gasteiger partial charge in [0.05, 0.1) is 42.1 Å². The number of carbonyl (C=O) groups excluding carboxylic acids is 2. The molecule has 10 heteroatoms. The molecule has 0 aliphatic heterocycles. The number of ether oxygens (including phenoxy) is 2. The van der Waals surface area contributed by atoms with E-state index in [4.69, 9.17) is 0 Å². The van der Waals surface area contributed by atoms with Gasteiger partial charge in [0.2, 0.25) is 0 Å². The number of sulfonamides is 1. The Morgan fingerprint density at radius 3 is 2.12 bits per heavy atom. The molecule has 0 unspecified atom stereocenters. The van der Waals surface area contributed by atoms with Crippen molar-refractivity contribution in [3.05, 3.63) is 41.7 Å². The van der Waals surface area contributed by atoms with Crippen LogP contribution in [0.25, 0.3) is 0 Å². The Kier molecular flexibility index (Phi) is 5.42. The van der Waals surface area contributed by atoms with Crippen LogP contribution in [0.3, 0.4) is 0 Å². The van der Waals surface area contributed by atoms with Gasteiger partial charge in [0.25, 0.3) is 10.0 Å². The maximum absolute atomic E-state index is 12.6. The summed E-state index contributed by atoms with van der Waals surface area (Å²) in [7, 11) is -1.75. The van der Waals surface area contributed by atoms with Gasteiger partial charge in [-0.25, -0.2) is 18.0 Å². The number of nitrogens with zero attached hydrogens (tertiary/aromatic N) is 2. The molecule has 0 saturated heterocycles. The van der Waals surface area contributed by atoms with E-state index in [0.29, 0.717) is 6.54 Å². The first-order valence-electron chi connectivity index (χ1n) is 7.17. The minimum Gasteiger partial charge on any atom is -0.465 e. The van der Waals surface area contributed by atoms with Crippen LogP contribution < -0.4 is 4.72 Å². The predicted molar refractivity (Wildman–Crippen MR) is 87.8 cm³/mol. The molecule has 25 heavy (non-hydrogen) atoms. The van der Waals surface area contributed by atoms with E-state index in [-0.39, 0.29) is 21.7 Å². The van der Waals surface area contributed by atoms with E-state index in [1.807, 2.05) is 6.92 Å². The molecule has 0 spiro atoms. The van der Waals surface area contributed by atoms with Crippen LogP contribution in [0.4, 0.5) is 5.69 Å². The molecule has 1 heterocycles. The van der Waals surface area contributed by atoms with Crippen molar-refractivity contribution in [3.8, 4) is 0 Å². The Morgan fingerprint density at radius 2 is 1.68 bits per heavy atom. The smallest absolute Gasteiger partial charge is 0.337 e. The number of methoxy groups -OCH3 is 2. The summed E-state index contributed by atoms with van der Waals surface area (Å²) < 4.78 is 38.2. The number of hydrogen-bond acceptors (Lipinski definition) is 7. The molecule has 0 aliphatic rings. The second-order valence-electron chi connectivity index (χ2n) is 4.92. The lowest BCUT2D eigenvalue weighted by atomic mass is 10.1. The normalized spacial score (nSPS) is 11.0. The lowest BCUT2D eigenvalue weighted by molar-refractivity contribution is 0.0598. The third-order valence-corrected chi connectivity index (χ3v) is 4.63. The highest BCUT2D eigenvalue weighted by atomic mass is 32.2. The van der Waals surface area contributed by atoms with Gasteiger partial charge < -0.3 is 9.47 Å². The summed E-state index contributed by atoms with van der Waals surface area (Å²) in [5, 5.41) is 3.97. The first kappa shape index (κ1) is 18.5. The Bertz CT molecular complexity index is 869. The van der Waals surface area contributed by atoms with Crippen LogP contribution in [0.15, 0.2) is 35.5 Å². The molecule has 0 bridgehead atoms. The highest BCUT2D eigenvalue weighted by Crippen LogP contribution is 2.20. The maximum atomic E-state index is 12.6. The predicted octanol–water partition coefficient (Wildman–Crippen LogP) is 1.28. The number of hydrogen-bond donors (Lipinski definition) is 1. The molecular formula is C15H17N3O6S. The summed E-state index contributed by atoms with van der Waals surface area (Å²) in [4.78, 5) is 23.2. The van der Waals surface area contributed by atoms with E-state index in [1.54, 1.807) is 4.68 Å². The number of aromatic nitrogens is 2. The second-order valence-corrected chi connectivity index (χ2v) is 6.60. The van der Waals surface area contributed by atoms with Crippen LogP contribution in [-0.2, 0) is 26.0 Å². The zero-order chi connectivity index (χ0) is 18.6. The highest BCUT2D eigenvalue weighted by molar-refractivity contribution is 7.92. The number of carbonyl (C=O) groups is 2. The van der Waals surface area contributed by atoms with E-state index in [2.05, 4.69) is 19.3 Å². The number of nitrogens with one attached hydrogen (secondary N) is 1.